The standard InChI is InChI=1S/C17H24F3N5O/c1-24(2)14-9-13(17(18,19)20)22-16(23-14)21-12-7-8-25(10-12)15(26)11-5-3-4-6-11/h9,11-12H,3-8,10H2,1-2H3,(H,21,22,23)/t12-/m0/s1. The number of anilines is 2. The zero-order valence-electron chi connectivity index (χ0n) is 15.0. The lowest BCUT2D eigenvalue weighted by Crippen LogP contribution is -2.35. The minimum atomic E-state index is -4.54. The molecule has 1 aromatic heterocycles. The van der Waals surface area contributed by atoms with E-state index in [0.29, 0.717) is 19.5 Å². The molecule has 1 atom stereocenters. The van der Waals surface area contributed by atoms with Gasteiger partial charge in [-0.3, -0.25) is 4.79 Å². The maximum absolute atomic E-state index is 13.1. The summed E-state index contributed by atoms with van der Waals surface area (Å²) in [5, 5.41) is 2.98. The van der Waals surface area contributed by atoms with Crippen LogP contribution in [0.2, 0.25) is 0 Å². The lowest BCUT2D eigenvalue weighted by atomic mass is 10.1. The number of nitrogens with one attached hydrogen (secondary N) is 1. The smallest absolute Gasteiger partial charge is 0.363 e. The van der Waals surface area contributed by atoms with Gasteiger partial charge in [-0.25, -0.2) is 4.98 Å². The minimum absolute atomic E-state index is 0.0521. The molecule has 0 spiro atoms. The van der Waals surface area contributed by atoms with Crippen LogP contribution in [0.15, 0.2) is 6.07 Å². The number of carbonyl (C=O) groups excluding carboxylic acids is 1. The van der Waals surface area contributed by atoms with Gasteiger partial charge in [0.15, 0.2) is 5.69 Å². The number of alkyl halides is 3. The fraction of sp³-hybridized carbons (Fsp3) is 0.706. The van der Waals surface area contributed by atoms with E-state index in [1.165, 1.54) is 4.90 Å². The van der Waals surface area contributed by atoms with E-state index in [9.17, 15) is 18.0 Å². The Morgan fingerprint density at radius 3 is 2.54 bits per heavy atom. The van der Waals surface area contributed by atoms with Crippen LogP contribution in [0.3, 0.4) is 0 Å². The van der Waals surface area contributed by atoms with Crippen molar-refractivity contribution in [2.45, 2.75) is 44.3 Å². The first-order chi connectivity index (χ1) is 12.2. The van der Waals surface area contributed by atoms with Crippen molar-refractivity contribution in [2.75, 3.05) is 37.4 Å². The van der Waals surface area contributed by atoms with Crippen molar-refractivity contribution < 1.29 is 18.0 Å². The molecule has 1 aliphatic carbocycles. The predicted octanol–water partition coefficient (Wildman–Crippen LogP) is 2.76. The van der Waals surface area contributed by atoms with Crippen LogP contribution >= 0.6 is 0 Å². The maximum Gasteiger partial charge on any atom is 0.433 e. The van der Waals surface area contributed by atoms with Crippen molar-refractivity contribution in [2.24, 2.45) is 5.92 Å². The molecule has 1 saturated carbocycles. The zero-order valence-corrected chi connectivity index (χ0v) is 15.0. The number of halogens is 3. The highest BCUT2D eigenvalue weighted by atomic mass is 19.4. The van der Waals surface area contributed by atoms with Gasteiger partial charge in [-0.2, -0.15) is 18.2 Å². The molecule has 2 aliphatic rings. The van der Waals surface area contributed by atoms with E-state index in [4.69, 9.17) is 0 Å². The second-order valence-corrected chi connectivity index (χ2v) is 7.22. The Kier molecular flexibility index (Phi) is 5.24. The average Bonchev–Trinajstić information content (AvgIpc) is 3.25. The number of nitrogens with zero attached hydrogens (tertiary/aromatic N) is 4. The second kappa shape index (κ2) is 7.28. The van der Waals surface area contributed by atoms with Gasteiger partial charge in [-0.15, -0.1) is 0 Å². The monoisotopic (exact) mass is 371 g/mol. The lowest BCUT2D eigenvalue weighted by Gasteiger charge is -2.21. The number of carbonyl (C=O) groups is 1. The Bertz CT molecular complexity index is 658. The topological polar surface area (TPSA) is 61.4 Å². The van der Waals surface area contributed by atoms with Crippen LogP contribution in [0.25, 0.3) is 0 Å². The van der Waals surface area contributed by atoms with Gasteiger partial charge in [-0.05, 0) is 19.3 Å². The Balaban J connectivity index is 1.69. The van der Waals surface area contributed by atoms with Crippen molar-refractivity contribution in [1.29, 1.82) is 0 Å². The fourth-order valence-electron chi connectivity index (χ4n) is 3.57. The summed E-state index contributed by atoms with van der Waals surface area (Å²) in [5.74, 6) is 0.417. The second-order valence-electron chi connectivity index (χ2n) is 7.22. The first kappa shape index (κ1) is 18.7. The molecule has 3 rings (SSSR count). The molecule has 26 heavy (non-hydrogen) atoms. The van der Waals surface area contributed by atoms with Crippen molar-refractivity contribution in [3.05, 3.63) is 11.8 Å². The van der Waals surface area contributed by atoms with Gasteiger partial charge >= 0.3 is 6.18 Å². The van der Waals surface area contributed by atoms with Gasteiger partial charge in [0.05, 0.1) is 0 Å². The summed E-state index contributed by atoms with van der Waals surface area (Å²) in [6.07, 6.45) is 0.209. The Morgan fingerprint density at radius 2 is 1.92 bits per heavy atom. The van der Waals surface area contributed by atoms with E-state index < -0.39 is 11.9 Å². The van der Waals surface area contributed by atoms with Crippen molar-refractivity contribution >= 4 is 17.7 Å². The Hall–Kier alpha value is -2.06. The molecule has 0 bridgehead atoms. The zero-order chi connectivity index (χ0) is 18.9. The van der Waals surface area contributed by atoms with E-state index in [1.54, 1.807) is 14.1 Å². The van der Waals surface area contributed by atoms with Crippen molar-refractivity contribution in [3.63, 3.8) is 0 Å². The molecule has 1 amide bonds. The van der Waals surface area contributed by atoms with Gasteiger partial charge in [0.25, 0.3) is 0 Å². The first-order valence-corrected chi connectivity index (χ1v) is 8.93. The van der Waals surface area contributed by atoms with Crippen molar-refractivity contribution in [3.8, 4) is 0 Å². The molecule has 0 unspecified atom stereocenters. The lowest BCUT2D eigenvalue weighted by molar-refractivity contribution is -0.141. The molecule has 6 nitrogen and oxygen atoms in total. The summed E-state index contributed by atoms with van der Waals surface area (Å²) in [5.41, 5.74) is -0.976. The number of aromatic nitrogens is 2. The summed E-state index contributed by atoms with van der Waals surface area (Å²) >= 11 is 0. The molecule has 1 saturated heterocycles. The molecule has 0 radical (unpaired) electrons. The Morgan fingerprint density at radius 1 is 1.23 bits per heavy atom. The van der Waals surface area contributed by atoms with E-state index in [-0.39, 0.29) is 29.6 Å². The molecule has 1 aliphatic heterocycles. The third kappa shape index (κ3) is 4.19. The third-order valence-corrected chi connectivity index (χ3v) is 5.00. The molecular formula is C17H24F3N5O. The average molecular weight is 371 g/mol. The maximum atomic E-state index is 13.1. The van der Waals surface area contributed by atoms with Gasteiger partial charge < -0.3 is 15.1 Å². The van der Waals surface area contributed by atoms with Crippen LogP contribution in [0, 0.1) is 5.92 Å². The quantitative estimate of drug-likeness (QED) is 0.882. The van der Waals surface area contributed by atoms with Crippen LogP contribution < -0.4 is 10.2 Å². The third-order valence-electron chi connectivity index (χ3n) is 5.00. The molecule has 1 aromatic rings. The highest BCUT2D eigenvalue weighted by molar-refractivity contribution is 5.79. The minimum Gasteiger partial charge on any atom is -0.363 e. The largest absolute Gasteiger partial charge is 0.433 e. The summed E-state index contributed by atoms with van der Waals surface area (Å²) in [6.45, 7) is 1.10. The molecule has 2 fully saturated rings. The summed E-state index contributed by atoms with van der Waals surface area (Å²) in [7, 11) is 3.26. The van der Waals surface area contributed by atoms with Crippen molar-refractivity contribution in [1.82, 2.24) is 14.9 Å². The predicted molar refractivity (Wildman–Crippen MR) is 91.9 cm³/mol. The van der Waals surface area contributed by atoms with Crippen LogP contribution in [0.4, 0.5) is 24.9 Å². The van der Waals surface area contributed by atoms with E-state index in [2.05, 4.69) is 15.3 Å². The van der Waals surface area contributed by atoms with E-state index in [0.717, 1.165) is 31.7 Å². The normalized spacial score (nSPS) is 21.3. The number of likely N-dealkylation sites (tertiary alicyclic amines) is 1. The number of rotatable bonds is 4. The highest BCUT2D eigenvalue weighted by Crippen LogP contribution is 2.31. The molecule has 0 aromatic carbocycles. The highest BCUT2D eigenvalue weighted by Gasteiger charge is 2.35. The van der Waals surface area contributed by atoms with E-state index >= 15 is 0 Å². The van der Waals surface area contributed by atoms with Crippen LogP contribution in [0.1, 0.15) is 37.8 Å². The number of hydrogen-bond acceptors (Lipinski definition) is 5. The number of hydrogen-bond donors (Lipinski definition) is 1. The van der Waals surface area contributed by atoms with E-state index in [1.807, 2.05) is 4.90 Å². The molecule has 1 N–H and O–H groups in total. The van der Waals surface area contributed by atoms with Gasteiger partial charge in [0.1, 0.15) is 5.82 Å². The first-order valence-electron chi connectivity index (χ1n) is 8.93. The number of amides is 1. The summed E-state index contributed by atoms with van der Waals surface area (Å²) < 4.78 is 39.2. The fourth-order valence-corrected chi connectivity index (χ4v) is 3.57. The molecule has 2 heterocycles. The van der Waals surface area contributed by atoms with Crippen LogP contribution in [-0.2, 0) is 11.0 Å². The molecule has 144 valence electrons. The van der Waals surface area contributed by atoms with Gasteiger partial charge in [0.2, 0.25) is 11.9 Å². The van der Waals surface area contributed by atoms with Crippen LogP contribution in [0.5, 0.6) is 0 Å². The molecular weight excluding hydrogens is 347 g/mol. The SMILES string of the molecule is CN(C)c1cc(C(F)(F)F)nc(N[C@H]2CCN(C(=O)C3CCCC3)C2)n1. The van der Waals surface area contributed by atoms with Gasteiger partial charge in [0, 0.05) is 45.2 Å². The molecule has 9 heteroatoms. The van der Waals surface area contributed by atoms with Crippen LogP contribution in [-0.4, -0.2) is 54.0 Å². The Labute approximate surface area is 150 Å². The van der Waals surface area contributed by atoms with Gasteiger partial charge in [-0.1, -0.05) is 12.8 Å². The summed E-state index contributed by atoms with van der Waals surface area (Å²) in [4.78, 5) is 23.6. The summed E-state index contributed by atoms with van der Waals surface area (Å²) in [6, 6.07) is 0.786.